The molecule has 4 rings (SSSR count). The van der Waals surface area contributed by atoms with E-state index in [4.69, 9.17) is 4.74 Å². The Morgan fingerprint density at radius 3 is 2.69 bits per heavy atom. The quantitative estimate of drug-likeness (QED) is 0.456. The molecule has 7 nitrogen and oxygen atoms in total. The molecule has 4 aromatic rings. The van der Waals surface area contributed by atoms with Gasteiger partial charge in [-0.25, -0.2) is 9.97 Å². The van der Waals surface area contributed by atoms with Crippen LogP contribution >= 0.6 is 0 Å². The van der Waals surface area contributed by atoms with Gasteiger partial charge in [0.15, 0.2) is 6.61 Å². The first-order chi connectivity index (χ1) is 15.4. The molecule has 1 amide bonds. The molecule has 10 heteroatoms. The molecule has 0 atom stereocenters. The van der Waals surface area contributed by atoms with E-state index in [0.29, 0.717) is 11.4 Å². The highest BCUT2D eigenvalue weighted by molar-refractivity contribution is 6.04. The van der Waals surface area contributed by atoms with Gasteiger partial charge in [0.2, 0.25) is 5.88 Å². The van der Waals surface area contributed by atoms with Gasteiger partial charge in [0, 0.05) is 36.4 Å². The molecule has 0 fully saturated rings. The zero-order chi connectivity index (χ0) is 22.6. The molecule has 32 heavy (non-hydrogen) atoms. The lowest BCUT2D eigenvalue weighted by molar-refractivity contribution is -0.154. The Balaban J connectivity index is 1.35. The minimum absolute atomic E-state index is 0.167. The normalized spacial score (nSPS) is 11.3. The van der Waals surface area contributed by atoms with Crippen molar-refractivity contribution in [3.8, 4) is 11.6 Å². The van der Waals surface area contributed by atoms with E-state index in [1.807, 2.05) is 35.0 Å². The molecule has 0 aliphatic heterocycles. The summed E-state index contributed by atoms with van der Waals surface area (Å²) in [7, 11) is 0. The number of nitrogens with one attached hydrogen (secondary N) is 1. The third-order valence-corrected chi connectivity index (χ3v) is 4.27. The van der Waals surface area contributed by atoms with Gasteiger partial charge in [0.05, 0.1) is 11.3 Å². The number of rotatable bonds is 7. The highest BCUT2D eigenvalue weighted by Gasteiger charge is 2.28. The standard InChI is InChI=1S/C22H17F3N4O3/c23-22(24,25)14-32-20-8-7-15(11-26-20)21(30)28-16-4-3-5-18(10-16)31-13-17-12-29-9-2-1-6-19(29)27-17/h1-12H,13-14H2,(H,28,30). The number of carbonyl (C=O) groups is 1. The number of imidazole rings is 1. The first-order valence-electron chi connectivity index (χ1n) is 9.48. The number of hydrogen-bond acceptors (Lipinski definition) is 5. The minimum Gasteiger partial charge on any atom is -0.487 e. The van der Waals surface area contributed by atoms with Crippen LogP contribution in [-0.4, -0.2) is 33.1 Å². The van der Waals surface area contributed by atoms with Crippen LogP contribution in [0.1, 0.15) is 16.1 Å². The molecule has 164 valence electrons. The van der Waals surface area contributed by atoms with E-state index in [1.54, 1.807) is 24.3 Å². The number of hydrogen-bond donors (Lipinski definition) is 1. The second-order valence-electron chi connectivity index (χ2n) is 6.76. The molecule has 1 aromatic carbocycles. The highest BCUT2D eigenvalue weighted by atomic mass is 19.4. The van der Waals surface area contributed by atoms with Gasteiger partial charge in [-0.05, 0) is 30.3 Å². The predicted octanol–water partition coefficient (Wildman–Crippen LogP) is 4.50. The Kier molecular flexibility index (Phi) is 5.93. The van der Waals surface area contributed by atoms with Gasteiger partial charge in [-0.2, -0.15) is 13.2 Å². The van der Waals surface area contributed by atoms with Crippen molar-refractivity contribution in [1.29, 1.82) is 0 Å². The fourth-order valence-electron chi connectivity index (χ4n) is 2.84. The lowest BCUT2D eigenvalue weighted by atomic mass is 10.2. The predicted molar refractivity (Wildman–Crippen MR) is 110 cm³/mol. The molecule has 0 unspecified atom stereocenters. The fourth-order valence-corrected chi connectivity index (χ4v) is 2.84. The summed E-state index contributed by atoms with van der Waals surface area (Å²) in [6.45, 7) is -1.20. The minimum atomic E-state index is -4.46. The van der Waals surface area contributed by atoms with E-state index in [-0.39, 0.29) is 18.1 Å². The van der Waals surface area contributed by atoms with Crippen molar-refractivity contribution in [2.75, 3.05) is 11.9 Å². The van der Waals surface area contributed by atoms with Gasteiger partial charge in [0.25, 0.3) is 5.91 Å². The molecule has 0 aliphatic rings. The Morgan fingerprint density at radius 1 is 1.06 bits per heavy atom. The number of anilines is 1. The smallest absolute Gasteiger partial charge is 0.422 e. The Morgan fingerprint density at radius 2 is 1.94 bits per heavy atom. The summed E-state index contributed by atoms with van der Waals surface area (Å²) < 4.78 is 48.8. The Bertz CT molecular complexity index is 1190. The number of aromatic nitrogens is 3. The van der Waals surface area contributed by atoms with Crippen LogP contribution in [0.3, 0.4) is 0 Å². The van der Waals surface area contributed by atoms with Gasteiger partial charge in [0.1, 0.15) is 18.0 Å². The van der Waals surface area contributed by atoms with Crippen molar-refractivity contribution in [3.63, 3.8) is 0 Å². The number of carbonyl (C=O) groups excluding carboxylic acids is 1. The highest BCUT2D eigenvalue weighted by Crippen LogP contribution is 2.20. The largest absolute Gasteiger partial charge is 0.487 e. The topological polar surface area (TPSA) is 77.8 Å². The summed E-state index contributed by atoms with van der Waals surface area (Å²) in [6, 6.07) is 15.0. The maximum Gasteiger partial charge on any atom is 0.422 e. The monoisotopic (exact) mass is 442 g/mol. The van der Waals surface area contributed by atoms with E-state index in [9.17, 15) is 18.0 Å². The van der Waals surface area contributed by atoms with E-state index in [2.05, 4.69) is 20.0 Å². The average molecular weight is 442 g/mol. The number of pyridine rings is 2. The number of alkyl halides is 3. The molecule has 0 aliphatic carbocycles. The summed E-state index contributed by atoms with van der Waals surface area (Å²) in [5.41, 5.74) is 2.22. The molecule has 0 saturated heterocycles. The lowest BCUT2D eigenvalue weighted by Gasteiger charge is -2.10. The SMILES string of the molecule is O=C(Nc1cccc(OCc2cn3ccccc3n2)c1)c1ccc(OCC(F)(F)F)nc1. The Labute approximate surface area is 180 Å². The fraction of sp³-hybridized carbons (Fsp3) is 0.136. The van der Waals surface area contributed by atoms with Crippen molar-refractivity contribution in [3.05, 3.63) is 84.4 Å². The second-order valence-corrected chi connectivity index (χ2v) is 6.76. The van der Waals surface area contributed by atoms with Crippen molar-refractivity contribution < 1.29 is 27.4 Å². The van der Waals surface area contributed by atoms with Crippen LogP contribution in [-0.2, 0) is 6.61 Å². The van der Waals surface area contributed by atoms with E-state index in [0.717, 1.165) is 17.5 Å². The zero-order valence-corrected chi connectivity index (χ0v) is 16.5. The third kappa shape index (κ3) is 5.54. The van der Waals surface area contributed by atoms with Crippen molar-refractivity contribution in [2.45, 2.75) is 12.8 Å². The maximum absolute atomic E-state index is 12.4. The molecular weight excluding hydrogens is 425 g/mol. The van der Waals surface area contributed by atoms with Crippen LogP contribution in [0.5, 0.6) is 11.6 Å². The van der Waals surface area contributed by atoms with Gasteiger partial charge in [-0.15, -0.1) is 0 Å². The van der Waals surface area contributed by atoms with Crippen molar-refractivity contribution in [2.24, 2.45) is 0 Å². The molecule has 1 N–H and O–H groups in total. The van der Waals surface area contributed by atoms with Gasteiger partial charge < -0.3 is 19.2 Å². The number of ether oxygens (including phenoxy) is 2. The van der Waals surface area contributed by atoms with Crippen molar-refractivity contribution in [1.82, 2.24) is 14.4 Å². The third-order valence-electron chi connectivity index (χ3n) is 4.27. The number of nitrogens with zero attached hydrogens (tertiary/aromatic N) is 3. The van der Waals surface area contributed by atoms with E-state index >= 15 is 0 Å². The van der Waals surface area contributed by atoms with Crippen LogP contribution in [0.25, 0.3) is 5.65 Å². The maximum atomic E-state index is 12.4. The number of halogens is 3. The lowest BCUT2D eigenvalue weighted by Crippen LogP contribution is -2.19. The molecular formula is C22H17F3N4O3. The molecule has 0 bridgehead atoms. The van der Waals surface area contributed by atoms with Gasteiger partial charge in [-0.1, -0.05) is 12.1 Å². The Hall–Kier alpha value is -4.08. The zero-order valence-electron chi connectivity index (χ0n) is 16.5. The first-order valence-corrected chi connectivity index (χ1v) is 9.48. The first kappa shape index (κ1) is 21.2. The van der Waals surface area contributed by atoms with Crippen LogP contribution in [0.4, 0.5) is 18.9 Å². The molecule has 3 heterocycles. The average Bonchev–Trinajstić information content (AvgIpc) is 3.19. The molecule has 0 spiro atoms. The van der Waals surface area contributed by atoms with Crippen LogP contribution in [0.2, 0.25) is 0 Å². The summed E-state index contributed by atoms with van der Waals surface area (Å²) in [5, 5.41) is 2.69. The van der Waals surface area contributed by atoms with Gasteiger partial charge >= 0.3 is 6.18 Å². The summed E-state index contributed by atoms with van der Waals surface area (Å²) >= 11 is 0. The molecule has 0 saturated carbocycles. The van der Waals surface area contributed by atoms with E-state index in [1.165, 1.54) is 12.1 Å². The van der Waals surface area contributed by atoms with E-state index < -0.39 is 18.7 Å². The molecule has 0 radical (unpaired) electrons. The second kappa shape index (κ2) is 8.96. The summed E-state index contributed by atoms with van der Waals surface area (Å²) in [4.78, 5) is 20.6. The van der Waals surface area contributed by atoms with Crippen LogP contribution in [0.15, 0.2) is 73.2 Å². The summed E-state index contributed by atoms with van der Waals surface area (Å²) in [5.74, 6) is -0.160. The van der Waals surface area contributed by atoms with Crippen LogP contribution in [0, 0.1) is 0 Å². The number of fused-ring (bicyclic) bond motifs is 1. The summed E-state index contributed by atoms with van der Waals surface area (Å²) in [6.07, 6.45) is 0.447. The van der Waals surface area contributed by atoms with Crippen molar-refractivity contribution >= 4 is 17.2 Å². The molecule has 3 aromatic heterocycles. The number of amides is 1. The number of benzene rings is 1. The van der Waals surface area contributed by atoms with Crippen LogP contribution < -0.4 is 14.8 Å². The van der Waals surface area contributed by atoms with Gasteiger partial charge in [-0.3, -0.25) is 4.79 Å².